The van der Waals surface area contributed by atoms with Gasteiger partial charge in [-0.1, -0.05) is 38.8 Å². The average Bonchev–Trinajstić information content (AvgIpc) is 3.61. The lowest BCUT2D eigenvalue weighted by Crippen LogP contribution is -2.33. The highest BCUT2D eigenvalue weighted by molar-refractivity contribution is 7.25. The van der Waals surface area contributed by atoms with E-state index in [1.54, 1.807) is 32.0 Å². The fraction of sp³-hybridized carbons (Fsp3) is 0.255. The van der Waals surface area contributed by atoms with E-state index in [2.05, 4.69) is 19.7 Å². The Morgan fingerprint density at radius 1 is 0.672 bits per heavy atom. The Bertz CT molecular complexity index is 2540. The third-order valence-electron chi connectivity index (χ3n) is 9.32. The second-order valence-electron chi connectivity index (χ2n) is 14.9. The first-order valence-corrected chi connectivity index (χ1v) is 19.8. The zero-order valence-corrected chi connectivity index (χ0v) is 35.2. The van der Waals surface area contributed by atoms with Crippen molar-refractivity contribution >= 4 is 61.4 Å². The van der Waals surface area contributed by atoms with E-state index in [0.717, 1.165) is 11.3 Å². The normalized spacial score (nSPS) is 11.1. The Balaban J connectivity index is 1.19. The Morgan fingerprint density at radius 3 is 1.82 bits per heavy atom. The third kappa shape index (κ3) is 11.5. The quantitative estimate of drug-likeness (QED) is 0.0473. The fourth-order valence-electron chi connectivity index (χ4n) is 5.71. The molecular weight excluding hydrogens is 811 g/mol. The number of hydrogen-bond acceptors (Lipinski definition) is 12. The summed E-state index contributed by atoms with van der Waals surface area (Å²) in [6, 6.07) is 16.6. The molecule has 0 saturated heterocycles. The molecule has 0 N–H and O–H groups in total. The van der Waals surface area contributed by atoms with Crippen molar-refractivity contribution < 1.29 is 61.2 Å². The molecule has 0 aliphatic rings. The second kappa shape index (κ2) is 19.6. The van der Waals surface area contributed by atoms with Crippen LogP contribution in [0.15, 0.2) is 103 Å². The van der Waals surface area contributed by atoms with Gasteiger partial charge in [0, 0.05) is 32.9 Å². The van der Waals surface area contributed by atoms with Crippen molar-refractivity contribution in [3.05, 3.63) is 132 Å². The lowest BCUT2D eigenvalue weighted by Gasteiger charge is -2.28. The minimum Gasteiger partial charge on any atom is -0.490 e. The molecule has 318 valence electrons. The number of aryl methyl sites for hydroxylation is 2. The van der Waals surface area contributed by atoms with E-state index in [1.807, 2.05) is 0 Å². The Morgan fingerprint density at radius 2 is 1.23 bits per heavy atom. The van der Waals surface area contributed by atoms with Gasteiger partial charge in [0.15, 0.2) is 11.6 Å². The second-order valence-corrected chi connectivity index (χ2v) is 15.9. The van der Waals surface area contributed by atoms with Gasteiger partial charge < -0.3 is 28.4 Å². The monoisotopic (exact) mass is 854 g/mol. The van der Waals surface area contributed by atoms with Gasteiger partial charge in [0.2, 0.25) is 0 Å². The smallest absolute Gasteiger partial charge is 0.343 e. The minimum atomic E-state index is -0.886. The maximum atomic E-state index is 15.9. The van der Waals surface area contributed by atoms with Crippen LogP contribution in [-0.4, -0.2) is 49.7 Å². The molecule has 61 heavy (non-hydrogen) atoms. The number of carbonyl (C=O) groups is 5. The van der Waals surface area contributed by atoms with Crippen molar-refractivity contribution in [2.75, 3.05) is 19.8 Å². The molecule has 0 fully saturated rings. The number of fused-ring (bicyclic) bond motifs is 3. The number of ether oxygens (including phenoxy) is 6. The van der Waals surface area contributed by atoms with Crippen LogP contribution in [0.3, 0.4) is 0 Å². The lowest BCUT2D eigenvalue weighted by atomic mass is 9.89. The van der Waals surface area contributed by atoms with E-state index in [1.165, 1.54) is 69.3 Å². The Labute approximate surface area is 355 Å². The summed E-state index contributed by atoms with van der Waals surface area (Å²) in [5.74, 6) is -3.75. The maximum absolute atomic E-state index is 15.9. The number of esters is 5. The van der Waals surface area contributed by atoms with Crippen LogP contribution in [0.5, 0.6) is 23.0 Å². The minimum absolute atomic E-state index is 0.00769. The topological polar surface area (TPSA) is 141 Å². The van der Waals surface area contributed by atoms with Crippen molar-refractivity contribution in [2.24, 2.45) is 5.41 Å². The highest BCUT2D eigenvalue weighted by Gasteiger charge is 2.30. The van der Waals surface area contributed by atoms with Crippen LogP contribution in [0.4, 0.5) is 8.78 Å². The Hall–Kier alpha value is -6.67. The summed E-state index contributed by atoms with van der Waals surface area (Å²) in [7, 11) is 0. The molecule has 0 atom stereocenters. The van der Waals surface area contributed by atoms with Crippen LogP contribution < -0.4 is 18.9 Å². The van der Waals surface area contributed by atoms with Gasteiger partial charge in [-0.3, -0.25) is 4.79 Å². The van der Waals surface area contributed by atoms with Gasteiger partial charge in [-0.2, -0.15) is 0 Å². The molecule has 0 aliphatic carbocycles. The standard InChI is InChI=1S/C47H44F2O11S/c1-26(2)43(51)56-24-47(8,25-57-44(52)27(3)4)21-22-55-37-19-17-35-34-16-11-30(39(48)41(34)61-42(35)40(37)49)12-20-38(50)60-36-18-15-33(23-29(36)7)59-46(54)31-9-13-32(14-10-31)58-45(53)28(5)6/h9-11,13-19,23H,1,3,5,12,20-22,24-25H2,2,4,6-8H3. The molecule has 11 nitrogen and oxygen atoms in total. The van der Waals surface area contributed by atoms with Gasteiger partial charge in [-0.05, 0) is 106 Å². The number of benzene rings is 4. The maximum Gasteiger partial charge on any atom is 0.343 e. The van der Waals surface area contributed by atoms with Crippen LogP contribution in [-0.2, 0) is 35.1 Å². The van der Waals surface area contributed by atoms with Crippen LogP contribution in [0, 0.1) is 24.0 Å². The average molecular weight is 855 g/mol. The molecule has 0 unspecified atom stereocenters. The number of rotatable bonds is 18. The molecule has 5 aromatic rings. The SMILES string of the molecule is C=C(C)C(=O)OCC(C)(CCOc1ccc2c(sc3c(F)c(CCC(=O)Oc4ccc(OC(=O)c5ccc(OC(=O)C(=C)C)cc5)cc4C)ccc32)c1F)COC(=O)C(=C)C. The molecular formula is C47H44F2O11S. The van der Waals surface area contributed by atoms with Crippen LogP contribution in [0.25, 0.3) is 20.2 Å². The lowest BCUT2D eigenvalue weighted by molar-refractivity contribution is -0.149. The van der Waals surface area contributed by atoms with Crippen molar-refractivity contribution in [3.63, 3.8) is 0 Å². The number of hydrogen-bond donors (Lipinski definition) is 0. The van der Waals surface area contributed by atoms with Gasteiger partial charge in [0.1, 0.15) is 36.3 Å². The summed E-state index contributed by atoms with van der Waals surface area (Å²) >= 11 is 0.922. The summed E-state index contributed by atoms with van der Waals surface area (Å²) < 4.78 is 64.8. The number of carbonyl (C=O) groups excluding carboxylic acids is 5. The molecule has 4 aromatic carbocycles. The molecule has 0 saturated carbocycles. The molecule has 1 heterocycles. The molecule has 0 bridgehead atoms. The van der Waals surface area contributed by atoms with E-state index < -0.39 is 46.9 Å². The van der Waals surface area contributed by atoms with Gasteiger partial charge in [-0.25, -0.2) is 28.0 Å². The predicted octanol–water partition coefficient (Wildman–Crippen LogP) is 9.89. The molecule has 0 radical (unpaired) electrons. The molecule has 14 heteroatoms. The molecule has 5 rings (SSSR count). The third-order valence-corrected chi connectivity index (χ3v) is 10.5. The first kappa shape index (κ1) is 45.4. The molecule has 1 aromatic heterocycles. The fourth-order valence-corrected chi connectivity index (χ4v) is 6.90. The van der Waals surface area contributed by atoms with E-state index in [-0.39, 0.29) is 99.3 Å². The predicted molar refractivity (Wildman–Crippen MR) is 226 cm³/mol. The molecule has 0 spiro atoms. The summed E-state index contributed by atoms with van der Waals surface area (Å²) in [5.41, 5.74) is 0.709. The summed E-state index contributed by atoms with van der Waals surface area (Å²) in [6.45, 7) is 18.3. The zero-order valence-electron chi connectivity index (χ0n) is 34.4. The number of halogens is 2. The van der Waals surface area contributed by atoms with E-state index in [4.69, 9.17) is 28.4 Å². The summed E-state index contributed by atoms with van der Waals surface area (Å²) in [4.78, 5) is 61.4. The highest BCUT2D eigenvalue weighted by atomic mass is 32.1. The Kier molecular flexibility index (Phi) is 14.6. The van der Waals surface area contributed by atoms with E-state index >= 15 is 8.78 Å². The van der Waals surface area contributed by atoms with Crippen molar-refractivity contribution in [3.8, 4) is 23.0 Å². The van der Waals surface area contributed by atoms with Gasteiger partial charge in [0.25, 0.3) is 0 Å². The molecule has 0 aliphatic heterocycles. The first-order valence-electron chi connectivity index (χ1n) is 19.0. The van der Waals surface area contributed by atoms with Gasteiger partial charge in [0.05, 0.1) is 28.0 Å². The summed E-state index contributed by atoms with van der Waals surface area (Å²) in [6.07, 6.45) is 0.0546. The van der Waals surface area contributed by atoms with Crippen LogP contribution >= 0.6 is 11.3 Å². The van der Waals surface area contributed by atoms with Crippen molar-refractivity contribution in [1.82, 2.24) is 0 Å². The largest absolute Gasteiger partial charge is 0.490 e. The van der Waals surface area contributed by atoms with Gasteiger partial charge >= 0.3 is 29.8 Å². The van der Waals surface area contributed by atoms with Gasteiger partial charge in [-0.15, -0.1) is 11.3 Å². The summed E-state index contributed by atoms with van der Waals surface area (Å²) in [5, 5.41) is 0.986. The first-order chi connectivity index (χ1) is 28.8. The zero-order chi connectivity index (χ0) is 44.6. The van der Waals surface area contributed by atoms with Crippen LogP contribution in [0.2, 0.25) is 0 Å². The number of thiophene rings is 1. The van der Waals surface area contributed by atoms with Crippen molar-refractivity contribution in [1.29, 1.82) is 0 Å². The molecule has 0 amide bonds. The van der Waals surface area contributed by atoms with E-state index in [0.29, 0.717) is 16.3 Å². The van der Waals surface area contributed by atoms with Crippen LogP contribution in [0.1, 0.15) is 62.0 Å². The van der Waals surface area contributed by atoms with E-state index in [9.17, 15) is 24.0 Å². The van der Waals surface area contributed by atoms with Crippen molar-refractivity contribution in [2.45, 2.75) is 53.9 Å². The highest BCUT2D eigenvalue weighted by Crippen LogP contribution is 2.41.